The van der Waals surface area contributed by atoms with Gasteiger partial charge in [0.2, 0.25) is 11.8 Å². The number of para-hydroxylation sites is 1. The molecule has 3 aromatic rings. The summed E-state index contributed by atoms with van der Waals surface area (Å²) in [6.45, 7) is 0. The van der Waals surface area contributed by atoms with Crippen LogP contribution in [0.3, 0.4) is 0 Å². The highest BCUT2D eigenvalue weighted by molar-refractivity contribution is 7.99. The molecule has 0 spiro atoms. The van der Waals surface area contributed by atoms with E-state index in [1.807, 2.05) is 0 Å². The number of aromatic nitrogens is 1. The van der Waals surface area contributed by atoms with E-state index < -0.39 is 10.8 Å². The largest absolute Gasteiger partial charge is 0.366 e. The van der Waals surface area contributed by atoms with Crippen molar-refractivity contribution in [1.29, 1.82) is 0 Å². The quantitative estimate of drug-likeness (QED) is 0.383. The standard InChI is InChI=1S/C18H14N4O4S/c19-18(24)14-9-17(21-15-4-2-1-3-13(14)15)27-10-16(23)20-11-5-7-12(8-6-11)22(25)26/h1-9H,10H2,(H2,19,24)(H,20,23). The number of nitro benzene ring substituents is 1. The lowest BCUT2D eigenvalue weighted by atomic mass is 10.1. The Hall–Kier alpha value is -3.46. The summed E-state index contributed by atoms with van der Waals surface area (Å²) < 4.78 is 0. The van der Waals surface area contributed by atoms with Gasteiger partial charge in [-0.05, 0) is 24.3 Å². The summed E-state index contributed by atoms with van der Waals surface area (Å²) in [6, 6.07) is 14.2. The number of hydrogen-bond donors (Lipinski definition) is 2. The van der Waals surface area contributed by atoms with Crippen LogP contribution in [0.2, 0.25) is 0 Å². The Bertz CT molecular complexity index is 1040. The third-order valence-electron chi connectivity index (χ3n) is 3.67. The number of nitro groups is 1. The molecule has 136 valence electrons. The van der Waals surface area contributed by atoms with Crippen LogP contribution in [0.5, 0.6) is 0 Å². The third-order valence-corrected chi connectivity index (χ3v) is 4.58. The monoisotopic (exact) mass is 382 g/mol. The van der Waals surface area contributed by atoms with Crippen LogP contribution < -0.4 is 11.1 Å². The maximum absolute atomic E-state index is 12.1. The summed E-state index contributed by atoms with van der Waals surface area (Å²) in [6.07, 6.45) is 0. The van der Waals surface area contributed by atoms with E-state index in [1.54, 1.807) is 30.3 Å². The molecule has 0 fully saturated rings. The normalized spacial score (nSPS) is 10.5. The van der Waals surface area contributed by atoms with Crippen molar-refractivity contribution in [3.8, 4) is 0 Å². The smallest absolute Gasteiger partial charge is 0.269 e. The summed E-state index contributed by atoms with van der Waals surface area (Å²) in [5, 5.41) is 14.4. The summed E-state index contributed by atoms with van der Waals surface area (Å²) in [4.78, 5) is 38.3. The number of nitrogens with two attached hydrogens (primary N) is 1. The number of carbonyl (C=O) groups is 2. The number of hydrogen-bond acceptors (Lipinski definition) is 6. The lowest BCUT2D eigenvalue weighted by Crippen LogP contribution is -2.15. The van der Waals surface area contributed by atoms with Crippen molar-refractivity contribution in [2.75, 3.05) is 11.1 Å². The minimum absolute atomic E-state index is 0.0540. The average molecular weight is 382 g/mol. The molecule has 0 aliphatic heterocycles. The summed E-state index contributed by atoms with van der Waals surface area (Å²) in [7, 11) is 0. The first kappa shape index (κ1) is 18.3. The van der Waals surface area contributed by atoms with Gasteiger partial charge in [0.25, 0.3) is 5.69 Å². The Morgan fingerprint density at radius 2 is 1.85 bits per heavy atom. The SMILES string of the molecule is NC(=O)c1cc(SCC(=O)Nc2ccc([N+](=O)[O-])cc2)nc2ccccc12. The van der Waals surface area contributed by atoms with E-state index in [2.05, 4.69) is 10.3 Å². The maximum atomic E-state index is 12.1. The number of thioether (sulfide) groups is 1. The molecule has 0 aliphatic rings. The van der Waals surface area contributed by atoms with Crippen LogP contribution in [0.4, 0.5) is 11.4 Å². The van der Waals surface area contributed by atoms with Gasteiger partial charge in [-0.15, -0.1) is 0 Å². The summed E-state index contributed by atoms with van der Waals surface area (Å²) in [5.41, 5.74) is 6.80. The number of anilines is 1. The Morgan fingerprint density at radius 1 is 1.15 bits per heavy atom. The van der Waals surface area contributed by atoms with E-state index in [0.717, 1.165) is 11.8 Å². The zero-order valence-electron chi connectivity index (χ0n) is 13.9. The zero-order valence-corrected chi connectivity index (χ0v) is 14.7. The molecule has 2 amide bonds. The van der Waals surface area contributed by atoms with Crippen LogP contribution in [-0.2, 0) is 4.79 Å². The van der Waals surface area contributed by atoms with Gasteiger partial charge in [0.05, 0.1) is 26.8 Å². The van der Waals surface area contributed by atoms with Gasteiger partial charge in [-0.3, -0.25) is 19.7 Å². The Labute approximate surface area is 157 Å². The fourth-order valence-corrected chi connectivity index (χ4v) is 3.15. The van der Waals surface area contributed by atoms with E-state index in [9.17, 15) is 19.7 Å². The van der Waals surface area contributed by atoms with Crippen molar-refractivity contribution in [2.24, 2.45) is 5.73 Å². The molecule has 0 saturated carbocycles. The molecular formula is C18H14N4O4S. The van der Waals surface area contributed by atoms with Gasteiger partial charge in [0.15, 0.2) is 0 Å². The number of primary amides is 1. The van der Waals surface area contributed by atoms with Crippen LogP contribution in [0, 0.1) is 10.1 Å². The van der Waals surface area contributed by atoms with Crippen LogP contribution in [0.25, 0.3) is 10.9 Å². The van der Waals surface area contributed by atoms with Gasteiger partial charge >= 0.3 is 0 Å². The number of benzene rings is 2. The minimum atomic E-state index is -0.564. The van der Waals surface area contributed by atoms with E-state index >= 15 is 0 Å². The minimum Gasteiger partial charge on any atom is -0.366 e. The molecule has 1 heterocycles. The highest BCUT2D eigenvalue weighted by atomic mass is 32.2. The molecule has 0 radical (unpaired) electrons. The number of rotatable bonds is 6. The van der Waals surface area contributed by atoms with Crippen LogP contribution in [0.15, 0.2) is 59.6 Å². The molecule has 1 aromatic heterocycles. The Morgan fingerprint density at radius 3 is 2.52 bits per heavy atom. The van der Waals surface area contributed by atoms with Gasteiger partial charge in [-0.25, -0.2) is 4.98 Å². The first-order chi connectivity index (χ1) is 12.9. The molecule has 0 saturated heterocycles. The van der Waals surface area contributed by atoms with Crippen molar-refractivity contribution in [3.05, 3.63) is 70.3 Å². The van der Waals surface area contributed by atoms with Crippen molar-refractivity contribution in [2.45, 2.75) is 5.03 Å². The van der Waals surface area contributed by atoms with Gasteiger partial charge in [0.1, 0.15) is 0 Å². The number of non-ortho nitro benzene ring substituents is 1. The summed E-state index contributed by atoms with van der Waals surface area (Å²) in [5.74, 6) is -0.809. The zero-order chi connectivity index (χ0) is 19.4. The predicted octanol–water partition coefficient (Wildman–Crippen LogP) is 2.97. The summed E-state index contributed by atoms with van der Waals surface area (Å²) >= 11 is 1.16. The molecule has 0 aliphatic carbocycles. The van der Waals surface area contributed by atoms with E-state index in [1.165, 1.54) is 24.3 Å². The second-order valence-corrected chi connectivity index (χ2v) is 6.53. The number of nitrogens with zero attached hydrogens (tertiary/aromatic N) is 2. The second-order valence-electron chi connectivity index (χ2n) is 5.53. The van der Waals surface area contributed by atoms with E-state index in [0.29, 0.717) is 27.2 Å². The molecule has 3 rings (SSSR count). The molecule has 0 atom stereocenters. The van der Waals surface area contributed by atoms with Gasteiger partial charge in [0, 0.05) is 23.2 Å². The van der Waals surface area contributed by atoms with Crippen molar-refractivity contribution < 1.29 is 14.5 Å². The third kappa shape index (κ3) is 4.39. The van der Waals surface area contributed by atoms with Crippen molar-refractivity contribution in [1.82, 2.24) is 4.98 Å². The Balaban J connectivity index is 1.69. The highest BCUT2D eigenvalue weighted by Gasteiger charge is 2.12. The van der Waals surface area contributed by atoms with Gasteiger partial charge in [-0.2, -0.15) is 0 Å². The maximum Gasteiger partial charge on any atom is 0.269 e. The molecule has 27 heavy (non-hydrogen) atoms. The fourth-order valence-electron chi connectivity index (χ4n) is 2.43. The molecular weight excluding hydrogens is 368 g/mol. The molecule has 0 bridgehead atoms. The second kappa shape index (κ2) is 7.83. The van der Waals surface area contributed by atoms with Crippen LogP contribution in [0.1, 0.15) is 10.4 Å². The van der Waals surface area contributed by atoms with Crippen LogP contribution >= 0.6 is 11.8 Å². The molecule has 3 N–H and O–H groups in total. The average Bonchev–Trinajstić information content (AvgIpc) is 2.66. The first-order valence-electron chi connectivity index (χ1n) is 7.81. The fraction of sp³-hybridized carbons (Fsp3) is 0.0556. The number of pyridine rings is 1. The lowest BCUT2D eigenvalue weighted by molar-refractivity contribution is -0.384. The van der Waals surface area contributed by atoms with Gasteiger partial charge < -0.3 is 11.1 Å². The molecule has 0 unspecified atom stereocenters. The first-order valence-corrected chi connectivity index (χ1v) is 8.79. The lowest BCUT2D eigenvalue weighted by Gasteiger charge is -2.08. The number of amides is 2. The van der Waals surface area contributed by atoms with Crippen molar-refractivity contribution in [3.63, 3.8) is 0 Å². The number of carbonyl (C=O) groups excluding carboxylic acids is 2. The predicted molar refractivity (Wildman–Crippen MR) is 103 cm³/mol. The topological polar surface area (TPSA) is 128 Å². The Kier molecular flexibility index (Phi) is 5.32. The number of nitrogens with one attached hydrogen (secondary N) is 1. The molecule has 8 nitrogen and oxygen atoms in total. The van der Waals surface area contributed by atoms with E-state index in [-0.39, 0.29) is 17.3 Å². The van der Waals surface area contributed by atoms with Gasteiger partial charge in [-0.1, -0.05) is 30.0 Å². The van der Waals surface area contributed by atoms with Crippen molar-refractivity contribution >= 4 is 45.9 Å². The highest BCUT2D eigenvalue weighted by Crippen LogP contribution is 2.24. The van der Waals surface area contributed by atoms with Crippen LogP contribution in [-0.4, -0.2) is 27.5 Å². The number of fused-ring (bicyclic) bond motifs is 1. The van der Waals surface area contributed by atoms with E-state index in [4.69, 9.17) is 5.73 Å². The molecule has 2 aromatic carbocycles. The molecule has 9 heteroatoms.